The van der Waals surface area contributed by atoms with Crippen LogP contribution in [0.25, 0.3) is 11.4 Å². The van der Waals surface area contributed by atoms with E-state index in [4.69, 9.17) is 9.47 Å². The standard InChI is InChI=1S/C26H30N4O5/c1-16-22(29-13-7-6-9-20(29)27-16)24(31)21-23(17-10-11-18(34-4)19(15-17)35-5)30(26(33)25(21)32)14-8-12-28(2)3/h6-7,9-11,13,15,23,31H,8,12,14H2,1-5H3. The van der Waals surface area contributed by atoms with Crippen molar-refractivity contribution in [2.24, 2.45) is 0 Å². The van der Waals surface area contributed by atoms with Gasteiger partial charge in [0.2, 0.25) is 5.78 Å². The molecule has 9 heteroatoms. The lowest BCUT2D eigenvalue weighted by molar-refractivity contribution is -0.858. The zero-order chi connectivity index (χ0) is 25.3. The summed E-state index contributed by atoms with van der Waals surface area (Å²) in [5, 5.41) is 13.9. The van der Waals surface area contributed by atoms with Crippen molar-refractivity contribution in [1.82, 2.24) is 14.3 Å². The molecule has 184 valence electrons. The number of methoxy groups -OCH3 is 2. The first kappa shape index (κ1) is 24.3. The fraction of sp³-hybridized carbons (Fsp3) is 0.346. The van der Waals surface area contributed by atoms with E-state index in [2.05, 4.69) is 4.98 Å². The van der Waals surface area contributed by atoms with Crippen LogP contribution >= 0.6 is 0 Å². The van der Waals surface area contributed by atoms with Gasteiger partial charge in [0.05, 0.1) is 52.3 Å². The van der Waals surface area contributed by atoms with Crippen molar-refractivity contribution in [3.63, 3.8) is 0 Å². The van der Waals surface area contributed by atoms with Gasteiger partial charge in [-0.1, -0.05) is 17.9 Å². The molecule has 1 saturated heterocycles. The number of pyridine rings is 1. The van der Waals surface area contributed by atoms with E-state index in [-0.39, 0.29) is 11.3 Å². The van der Waals surface area contributed by atoms with Crippen LogP contribution in [-0.2, 0) is 9.59 Å². The highest BCUT2D eigenvalue weighted by Crippen LogP contribution is 2.41. The van der Waals surface area contributed by atoms with Gasteiger partial charge in [0.25, 0.3) is 5.91 Å². The molecule has 1 atom stereocenters. The molecular formula is C26H30N4O5. The Morgan fingerprint density at radius 1 is 1.11 bits per heavy atom. The highest BCUT2D eigenvalue weighted by molar-refractivity contribution is 6.46. The number of benzene rings is 1. The molecule has 0 saturated carbocycles. The molecule has 1 aliphatic rings. The summed E-state index contributed by atoms with van der Waals surface area (Å²) in [6, 6.07) is 9.76. The molecule has 0 radical (unpaired) electrons. The Bertz CT molecular complexity index is 1310. The highest BCUT2D eigenvalue weighted by atomic mass is 16.5. The number of aromatic nitrogens is 2. The van der Waals surface area contributed by atoms with Gasteiger partial charge < -0.3 is 28.8 Å². The average Bonchev–Trinajstić information content (AvgIpc) is 3.31. The van der Waals surface area contributed by atoms with E-state index in [1.54, 1.807) is 47.9 Å². The number of carbonyl (C=O) groups is 2. The minimum absolute atomic E-state index is 0.0758. The molecule has 4 rings (SSSR count). The molecule has 1 N–H and O–H groups in total. The first-order chi connectivity index (χ1) is 16.8. The van der Waals surface area contributed by atoms with Gasteiger partial charge in [-0.2, -0.15) is 0 Å². The Kier molecular flexibility index (Phi) is 6.79. The zero-order valence-corrected chi connectivity index (χ0v) is 20.6. The van der Waals surface area contributed by atoms with Gasteiger partial charge in [-0.15, -0.1) is 0 Å². The summed E-state index contributed by atoms with van der Waals surface area (Å²) in [5.41, 5.74) is 1.90. The number of imidazole rings is 1. The fourth-order valence-electron chi connectivity index (χ4n) is 4.59. The smallest absolute Gasteiger partial charge is 0.295 e. The van der Waals surface area contributed by atoms with Gasteiger partial charge >= 0.3 is 0 Å². The van der Waals surface area contributed by atoms with Gasteiger partial charge in [-0.3, -0.25) is 9.59 Å². The van der Waals surface area contributed by atoms with E-state index in [9.17, 15) is 14.7 Å². The van der Waals surface area contributed by atoms with Crippen LogP contribution in [0.15, 0.2) is 48.2 Å². The van der Waals surface area contributed by atoms with E-state index >= 15 is 0 Å². The molecular weight excluding hydrogens is 448 g/mol. The third kappa shape index (κ3) is 4.35. The quantitative estimate of drug-likeness (QED) is 0.286. The van der Waals surface area contributed by atoms with Crippen molar-refractivity contribution >= 4 is 23.1 Å². The number of aryl methyl sites for hydroxylation is 1. The minimum Gasteiger partial charge on any atom is -0.871 e. The van der Waals surface area contributed by atoms with Gasteiger partial charge in [0, 0.05) is 24.7 Å². The summed E-state index contributed by atoms with van der Waals surface area (Å²) < 4.78 is 12.5. The normalized spacial score (nSPS) is 17.5. The second-order valence-electron chi connectivity index (χ2n) is 8.87. The largest absolute Gasteiger partial charge is 0.871 e. The number of likely N-dealkylation sites (tertiary alicyclic amines) is 1. The van der Waals surface area contributed by atoms with Crippen molar-refractivity contribution in [3.05, 3.63) is 65.1 Å². The Morgan fingerprint density at radius 3 is 2.54 bits per heavy atom. The number of hydrogen-bond acceptors (Lipinski definition) is 6. The van der Waals surface area contributed by atoms with Crippen LogP contribution in [0, 0.1) is 6.92 Å². The number of nitrogens with one attached hydrogen (secondary N) is 1. The van der Waals surface area contributed by atoms with Crippen LogP contribution in [0.4, 0.5) is 0 Å². The van der Waals surface area contributed by atoms with Crippen molar-refractivity contribution in [3.8, 4) is 11.5 Å². The SMILES string of the molecule is COc1ccc(C2C(=C([O-])c3c(C)nc4ccccn34)C(=O)C(=O)N2CCC[NH+](C)C)cc1OC. The summed E-state index contributed by atoms with van der Waals surface area (Å²) in [5.74, 6) is -0.988. The number of carbonyl (C=O) groups excluding carboxylic acids is 2. The van der Waals surface area contributed by atoms with Crippen LogP contribution in [-0.4, -0.2) is 67.4 Å². The molecule has 2 aromatic heterocycles. The van der Waals surface area contributed by atoms with Gasteiger partial charge in [-0.25, -0.2) is 4.98 Å². The number of fused-ring (bicyclic) bond motifs is 1. The maximum absolute atomic E-state index is 13.9. The van der Waals surface area contributed by atoms with E-state index in [0.29, 0.717) is 41.4 Å². The van der Waals surface area contributed by atoms with Gasteiger partial charge in [-0.05, 0) is 36.8 Å². The number of Topliss-reactive ketones (excluding diaryl/α,β-unsaturated/α-hetero) is 1. The third-order valence-corrected chi connectivity index (χ3v) is 6.25. The number of ketones is 1. The van der Waals surface area contributed by atoms with E-state index in [0.717, 1.165) is 6.54 Å². The van der Waals surface area contributed by atoms with Gasteiger partial charge in [0.1, 0.15) is 5.65 Å². The van der Waals surface area contributed by atoms with E-state index in [1.807, 2.05) is 20.2 Å². The Balaban J connectivity index is 1.91. The highest BCUT2D eigenvalue weighted by Gasteiger charge is 2.44. The van der Waals surface area contributed by atoms with Gasteiger partial charge in [0.15, 0.2) is 11.5 Å². The summed E-state index contributed by atoms with van der Waals surface area (Å²) in [6.45, 7) is 2.88. The topological polar surface area (TPSA) is 101 Å². The second-order valence-corrected chi connectivity index (χ2v) is 8.87. The van der Waals surface area contributed by atoms with Crippen LogP contribution in [0.3, 0.4) is 0 Å². The Hall–Kier alpha value is -3.85. The predicted octanol–water partition coefficient (Wildman–Crippen LogP) is 0.419. The summed E-state index contributed by atoms with van der Waals surface area (Å²) >= 11 is 0. The number of amides is 1. The number of ether oxygens (including phenoxy) is 2. The van der Waals surface area contributed by atoms with E-state index < -0.39 is 23.5 Å². The van der Waals surface area contributed by atoms with Crippen molar-refractivity contribution in [2.75, 3.05) is 41.4 Å². The molecule has 1 amide bonds. The number of rotatable bonds is 8. The van der Waals surface area contributed by atoms with Crippen LogP contribution in [0.1, 0.15) is 29.4 Å². The summed E-state index contributed by atoms with van der Waals surface area (Å²) in [6.07, 6.45) is 2.41. The lowest BCUT2D eigenvalue weighted by Crippen LogP contribution is -3.05. The first-order valence-electron chi connectivity index (χ1n) is 11.5. The maximum Gasteiger partial charge on any atom is 0.295 e. The molecule has 9 nitrogen and oxygen atoms in total. The van der Waals surface area contributed by atoms with Crippen molar-refractivity contribution < 1.29 is 29.1 Å². The molecule has 1 fully saturated rings. The van der Waals surface area contributed by atoms with Crippen molar-refractivity contribution in [2.45, 2.75) is 19.4 Å². The zero-order valence-electron chi connectivity index (χ0n) is 20.6. The average molecular weight is 479 g/mol. The molecule has 1 aliphatic heterocycles. The third-order valence-electron chi connectivity index (χ3n) is 6.25. The fourth-order valence-corrected chi connectivity index (χ4v) is 4.59. The Labute approximate surface area is 204 Å². The van der Waals surface area contributed by atoms with Crippen LogP contribution in [0.2, 0.25) is 0 Å². The van der Waals surface area contributed by atoms with Crippen molar-refractivity contribution in [1.29, 1.82) is 0 Å². The lowest BCUT2D eigenvalue weighted by Gasteiger charge is -2.28. The molecule has 1 aromatic carbocycles. The second kappa shape index (κ2) is 9.79. The summed E-state index contributed by atoms with van der Waals surface area (Å²) in [7, 11) is 7.10. The lowest BCUT2D eigenvalue weighted by atomic mass is 9.95. The van der Waals surface area contributed by atoms with Crippen LogP contribution in [0.5, 0.6) is 11.5 Å². The number of hydrogen-bond donors (Lipinski definition) is 1. The van der Waals surface area contributed by atoms with Crippen LogP contribution < -0.4 is 19.5 Å². The van der Waals surface area contributed by atoms with E-state index in [1.165, 1.54) is 24.0 Å². The molecule has 35 heavy (non-hydrogen) atoms. The number of quaternary nitrogens is 1. The minimum atomic E-state index is -0.840. The molecule has 0 bridgehead atoms. The maximum atomic E-state index is 13.9. The first-order valence-corrected chi connectivity index (χ1v) is 11.5. The molecule has 3 aromatic rings. The predicted molar refractivity (Wildman–Crippen MR) is 128 cm³/mol. The molecule has 0 aliphatic carbocycles. The summed E-state index contributed by atoms with van der Waals surface area (Å²) in [4.78, 5) is 33.7. The number of nitrogens with zero attached hydrogens (tertiary/aromatic N) is 3. The Morgan fingerprint density at radius 2 is 1.86 bits per heavy atom. The molecule has 0 spiro atoms. The molecule has 3 heterocycles. The monoisotopic (exact) mass is 478 g/mol. The molecule has 1 unspecified atom stereocenters.